The molecule has 0 spiro atoms. The van der Waals surface area contributed by atoms with Crippen LogP contribution < -0.4 is 5.32 Å². The van der Waals surface area contributed by atoms with E-state index < -0.39 is 0 Å². The highest BCUT2D eigenvalue weighted by Crippen LogP contribution is 2.27. The largest absolute Gasteiger partial charge is 0.355 e. The summed E-state index contributed by atoms with van der Waals surface area (Å²) in [4.78, 5) is 12.4. The van der Waals surface area contributed by atoms with Crippen LogP contribution in [0.25, 0.3) is 11.4 Å². The van der Waals surface area contributed by atoms with Gasteiger partial charge in [0.05, 0.1) is 11.8 Å². The molecule has 0 aliphatic heterocycles. The van der Waals surface area contributed by atoms with Gasteiger partial charge in [-0.15, -0.1) is 10.2 Å². The Morgan fingerprint density at radius 2 is 1.75 bits per heavy atom. The average molecular weight is 395 g/mol. The molecule has 0 aliphatic carbocycles. The molecule has 3 rings (SSSR count). The minimum absolute atomic E-state index is 0.0361. The van der Waals surface area contributed by atoms with Crippen LogP contribution in [0.4, 0.5) is 0 Å². The van der Waals surface area contributed by atoms with Crippen molar-refractivity contribution in [2.24, 2.45) is 0 Å². The molecule has 3 aromatic rings. The van der Waals surface area contributed by atoms with Crippen molar-refractivity contribution in [3.05, 3.63) is 66.2 Å². The monoisotopic (exact) mass is 394 g/mol. The van der Waals surface area contributed by atoms with Crippen LogP contribution in [0.1, 0.15) is 32.3 Å². The molecule has 146 valence electrons. The first kappa shape index (κ1) is 20.1. The number of carbonyl (C=O) groups excluding carboxylic acids is 1. The zero-order valence-electron chi connectivity index (χ0n) is 16.3. The summed E-state index contributed by atoms with van der Waals surface area (Å²) in [6.07, 6.45) is 2.05. The van der Waals surface area contributed by atoms with Crippen LogP contribution >= 0.6 is 11.8 Å². The number of carbonyl (C=O) groups is 1. The standard InChI is InChI=1S/C22H26N4OS/c1-3-4-15-23-21(27)17(2)28-22-25-24-20(19-13-9-6-10-14-19)26(22)16-18-11-7-5-8-12-18/h5-14,17H,3-4,15-16H2,1-2H3,(H,23,27). The van der Waals surface area contributed by atoms with E-state index in [9.17, 15) is 4.79 Å². The lowest BCUT2D eigenvalue weighted by Gasteiger charge is -2.14. The van der Waals surface area contributed by atoms with Crippen molar-refractivity contribution in [3.63, 3.8) is 0 Å². The summed E-state index contributed by atoms with van der Waals surface area (Å²) in [6.45, 7) is 5.40. The Bertz CT molecular complexity index is 880. The quantitative estimate of drug-likeness (QED) is 0.432. The number of thioether (sulfide) groups is 1. The molecule has 1 atom stereocenters. The van der Waals surface area contributed by atoms with Crippen molar-refractivity contribution in [1.82, 2.24) is 20.1 Å². The molecule has 0 saturated heterocycles. The fourth-order valence-corrected chi connectivity index (χ4v) is 3.70. The lowest BCUT2D eigenvalue weighted by molar-refractivity contribution is -0.120. The molecule has 28 heavy (non-hydrogen) atoms. The van der Waals surface area contributed by atoms with Crippen LogP contribution in [0, 0.1) is 0 Å². The second-order valence-corrected chi connectivity index (χ2v) is 7.96. The van der Waals surface area contributed by atoms with E-state index in [2.05, 4.69) is 39.1 Å². The topological polar surface area (TPSA) is 59.8 Å². The average Bonchev–Trinajstić information content (AvgIpc) is 3.11. The second-order valence-electron chi connectivity index (χ2n) is 6.65. The molecule has 2 aromatic carbocycles. The van der Waals surface area contributed by atoms with E-state index >= 15 is 0 Å². The zero-order valence-corrected chi connectivity index (χ0v) is 17.2. The van der Waals surface area contributed by atoms with E-state index in [1.54, 1.807) is 0 Å². The number of benzene rings is 2. The minimum Gasteiger partial charge on any atom is -0.355 e. The Morgan fingerprint density at radius 1 is 1.07 bits per heavy atom. The molecular formula is C22H26N4OS. The molecule has 6 heteroatoms. The molecule has 1 aromatic heterocycles. The predicted octanol–water partition coefficient (Wildman–Crippen LogP) is 4.39. The fourth-order valence-electron chi connectivity index (χ4n) is 2.83. The van der Waals surface area contributed by atoms with Crippen LogP contribution in [-0.4, -0.2) is 32.5 Å². The molecule has 0 fully saturated rings. The van der Waals surface area contributed by atoms with Gasteiger partial charge in [0.25, 0.3) is 0 Å². The lowest BCUT2D eigenvalue weighted by Crippen LogP contribution is -2.31. The number of rotatable bonds is 9. The van der Waals surface area contributed by atoms with E-state index in [-0.39, 0.29) is 11.2 Å². The molecule has 0 aliphatic rings. The van der Waals surface area contributed by atoms with Gasteiger partial charge < -0.3 is 5.32 Å². The molecule has 1 amide bonds. The van der Waals surface area contributed by atoms with Gasteiger partial charge in [0.2, 0.25) is 5.91 Å². The first-order valence-corrected chi connectivity index (χ1v) is 10.5. The predicted molar refractivity (Wildman–Crippen MR) is 114 cm³/mol. The van der Waals surface area contributed by atoms with E-state index in [4.69, 9.17) is 0 Å². The molecule has 1 heterocycles. The van der Waals surface area contributed by atoms with E-state index in [1.165, 1.54) is 17.3 Å². The summed E-state index contributed by atoms with van der Waals surface area (Å²) in [5.41, 5.74) is 2.18. The molecule has 5 nitrogen and oxygen atoms in total. The number of unbranched alkanes of at least 4 members (excludes halogenated alkanes) is 1. The third-order valence-corrected chi connectivity index (χ3v) is 5.49. The second kappa shape index (κ2) is 10.1. The van der Waals surface area contributed by atoms with Gasteiger partial charge in [-0.1, -0.05) is 85.8 Å². The molecule has 1 unspecified atom stereocenters. The lowest BCUT2D eigenvalue weighted by atomic mass is 10.2. The first-order chi connectivity index (χ1) is 13.7. The summed E-state index contributed by atoms with van der Waals surface area (Å²) in [6, 6.07) is 20.3. The maximum absolute atomic E-state index is 12.4. The van der Waals surface area contributed by atoms with Gasteiger partial charge in [-0.2, -0.15) is 0 Å². The summed E-state index contributed by atoms with van der Waals surface area (Å²) in [7, 11) is 0. The van der Waals surface area contributed by atoms with Crippen molar-refractivity contribution in [1.29, 1.82) is 0 Å². The van der Waals surface area contributed by atoms with Crippen molar-refractivity contribution in [2.45, 2.75) is 43.6 Å². The number of hydrogen-bond donors (Lipinski definition) is 1. The highest BCUT2D eigenvalue weighted by Gasteiger charge is 2.20. The molecule has 0 radical (unpaired) electrons. The fraction of sp³-hybridized carbons (Fsp3) is 0.318. The van der Waals surface area contributed by atoms with Gasteiger partial charge in [-0.05, 0) is 18.9 Å². The maximum atomic E-state index is 12.4. The van der Waals surface area contributed by atoms with Gasteiger partial charge in [-0.3, -0.25) is 9.36 Å². The Balaban J connectivity index is 1.84. The van der Waals surface area contributed by atoms with Gasteiger partial charge >= 0.3 is 0 Å². The smallest absolute Gasteiger partial charge is 0.233 e. The van der Waals surface area contributed by atoms with Crippen LogP contribution in [0.5, 0.6) is 0 Å². The van der Waals surface area contributed by atoms with Crippen molar-refractivity contribution in [3.8, 4) is 11.4 Å². The number of aromatic nitrogens is 3. The molecule has 0 saturated carbocycles. The van der Waals surface area contributed by atoms with Crippen LogP contribution in [0.2, 0.25) is 0 Å². The highest BCUT2D eigenvalue weighted by atomic mass is 32.2. The number of amides is 1. The van der Waals surface area contributed by atoms with Crippen LogP contribution in [0.3, 0.4) is 0 Å². The normalized spacial score (nSPS) is 11.9. The Hall–Kier alpha value is -2.60. The number of nitrogens with zero attached hydrogens (tertiary/aromatic N) is 3. The van der Waals surface area contributed by atoms with Crippen LogP contribution in [0.15, 0.2) is 65.8 Å². The third kappa shape index (κ3) is 5.23. The van der Waals surface area contributed by atoms with Crippen molar-refractivity contribution < 1.29 is 4.79 Å². The van der Waals surface area contributed by atoms with Crippen molar-refractivity contribution >= 4 is 17.7 Å². The first-order valence-electron chi connectivity index (χ1n) is 9.66. The maximum Gasteiger partial charge on any atom is 0.233 e. The third-order valence-electron chi connectivity index (χ3n) is 4.41. The van der Waals surface area contributed by atoms with Gasteiger partial charge in [0, 0.05) is 12.1 Å². The Kier molecular flexibility index (Phi) is 7.25. The zero-order chi connectivity index (χ0) is 19.8. The summed E-state index contributed by atoms with van der Waals surface area (Å²) in [5, 5.41) is 12.3. The van der Waals surface area contributed by atoms with Gasteiger partial charge in [0.15, 0.2) is 11.0 Å². The number of hydrogen-bond acceptors (Lipinski definition) is 4. The SMILES string of the molecule is CCCCNC(=O)C(C)Sc1nnc(-c2ccccc2)n1Cc1ccccc1. The van der Waals surface area contributed by atoms with Crippen molar-refractivity contribution in [2.75, 3.05) is 6.54 Å². The highest BCUT2D eigenvalue weighted by molar-refractivity contribution is 8.00. The molecule has 0 bridgehead atoms. The van der Waals surface area contributed by atoms with E-state index in [0.717, 1.165) is 29.4 Å². The van der Waals surface area contributed by atoms with Gasteiger partial charge in [-0.25, -0.2) is 0 Å². The van der Waals surface area contributed by atoms with Gasteiger partial charge in [0.1, 0.15) is 0 Å². The summed E-state index contributed by atoms with van der Waals surface area (Å²) >= 11 is 1.45. The Labute approximate surface area is 170 Å². The molecule has 1 N–H and O–H groups in total. The minimum atomic E-state index is -0.237. The Morgan fingerprint density at radius 3 is 2.43 bits per heavy atom. The number of nitrogens with one attached hydrogen (secondary N) is 1. The van der Waals surface area contributed by atoms with E-state index in [1.807, 2.05) is 55.5 Å². The van der Waals surface area contributed by atoms with Crippen LogP contribution in [-0.2, 0) is 11.3 Å². The summed E-state index contributed by atoms with van der Waals surface area (Å²) < 4.78 is 2.09. The summed E-state index contributed by atoms with van der Waals surface area (Å²) in [5.74, 6) is 0.847. The molecular weight excluding hydrogens is 368 g/mol. The van der Waals surface area contributed by atoms with E-state index in [0.29, 0.717) is 13.1 Å².